The number of rotatable bonds is 3. The fraction of sp³-hybridized carbons (Fsp3) is 0.667. The van der Waals surface area contributed by atoms with Crippen molar-refractivity contribution >= 4 is 11.8 Å². The van der Waals surface area contributed by atoms with E-state index in [0.717, 1.165) is 11.8 Å². The van der Waals surface area contributed by atoms with Crippen molar-refractivity contribution in [2.75, 3.05) is 6.61 Å². The van der Waals surface area contributed by atoms with Crippen LogP contribution in [0.2, 0.25) is 0 Å². The van der Waals surface area contributed by atoms with E-state index in [4.69, 9.17) is 4.74 Å². The Balaban J connectivity index is 2.19. The van der Waals surface area contributed by atoms with E-state index in [1.54, 1.807) is 0 Å². The maximum Gasteiger partial charge on any atom is 0.434 e. The lowest BCUT2D eigenvalue weighted by Crippen LogP contribution is -2.51. The fourth-order valence-corrected chi connectivity index (χ4v) is 3.33. The van der Waals surface area contributed by atoms with E-state index in [-0.39, 0.29) is 17.7 Å². The molecule has 0 amide bonds. The number of aliphatic hydroxyl groups excluding tert-OH is 2. The molecule has 0 aliphatic carbocycles. The lowest BCUT2D eigenvalue weighted by atomic mass is 10.0. The van der Waals surface area contributed by atoms with E-state index in [9.17, 15) is 23.4 Å². The van der Waals surface area contributed by atoms with Crippen LogP contribution in [0.15, 0.2) is 17.4 Å². The maximum atomic E-state index is 12.6. The smallest absolute Gasteiger partial charge is 0.389 e. The van der Waals surface area contributed by atoms with Gasteiger partial charge >= 0.3 is 6.18 Å². The Bertz CT molecular complexity index is 487. The summed E-state index contributed by atoms with van der Waals surface area (Å²) in [5.74, 6) is 0. The normalized spacial score (nSPS) is 30.4. The van der Waals surface area contributed by atoms with Gasteiger partial charge in [-0.05, 0) is 6.42 Å². The van der Waals surface area contributed by atoms with Crippen molar-refractivity contribution < 1.29 is 28.1 Å². The van der Waals surface area contributed by atoms with Gasteiger partial charge in [-0.25, -0.2) is 4.98 Å². The summed E-state index contributed by atoms with van der Waals surface area (Å²) in [6.45, 7) is 1.84. The van der Waals surface area contributed by atoms with Crippen LogP contribution in [0.5, 0.6) is 0 Å². The molecule has 9 heteroatoms. The monoisotopic (exact) mass is 324 g/mol. The molecule has 1 saturated heterocycles. The second-order valence-corrected chi connectivity index (χ2v) is 5.86. The third-order valence-electron chi connectivity index (χ3n) is 3.14. The number of ether oxygens (including phenoxy) is 1. The average Bonchev–Trinajstić information content (AvgIpc) is 2.44. The third kappa shape index (κ3) is 3.85. The number of hydrogen-bond donors (Lipinski definition) is 2. The zero-order chi connectivity index (χ0) is 15.6. The topological polar surface area (TPSA) is 75.5 Å². The molecule has 1 aliphatic heterocycles. The minimum absolute atomic E-state index is 0.00496. The van der Waals surface area contributed by atoms with E-state index >= 15 is 0 Å². The van der Waals surface area contributed by atoms with Crippen LogP contribution in [0, 0.1) is 0 Å². The van der Waals surface area contributed by atoms with Crippen molar-refractivity contribution in [1.29, 1.82) is 0 Å². The second-order valence-electron chi connectivity index (χ2n) is 4.66. The van der Waals surface area contributed by atoms with Crippen LogP contribution in [-0.2, 0) is 10.9 Å². The Morgan fingerprint density at radius 2 is 2.10 bits per heavy atom. The molecule has 0 aromatic carbocycles. The summed E-state index contributed by atoms with van der Waals surface area (Å²) in [5.41, 5.74) is -1.09. The van der Waals surface area contributed by atoms with Crippen molar-refractivity contribution in [1.82, 2.24) is 9.97 Å². The van der Waals surface area contributed by atoms with Crippen LogP contribution in [0.25, 0.3) is 0 Å². The summed E-state index contributed by atoms with van der Waals surface area (Å²) in [5, 5.41) is 19.1. The highest BCUT2D eigenvalue weighted by molar-refractivity contribution is 8.00. The predicted octanol–water partition coefficient (Wildman–Crippen LogP) is 1.49. The quantitative estimate of drug-likeness (QED) is 0.877. The molecule has 0 saturated carbocycles. The first-order valence-corrected chi connectivity index (χ1v) is 7.24. The summed E-state index contributed by atoms with van der Waals surface area (Å²) < 4.78 is 43.2. The van der Waals surface area contributed by atoms with E-state index in [1.807, 2.05) is 6.92 Å². The van der Waals surface area contributed by atoms with Crippen molar-refractivity contribution in [3.63, 3.8) is 0 Å². The van der Waals surface area contributed by atoms with Gasteiger partial charge in [0.15, 0.2) is 5.69 Å². The summed E-state index contributed by atoms with van der Waals surface area (Å²) in [4.78, 5) is 7.02. The van der Waals surface area contributed by atoms with Crippen molar-refractivity contribution in [3.05, 3.63) is 18.1 Å². The van der Waals surface area contributed by atoms with Gasteiger partial charge in [-0.3, -0.25) is 4.98 Å². The molecule has 21 heavy (non-hydrogen) atoms. The Morgan fingerprint density at radius 1 is 1.38 bits per heavy atom. The highest BCUT2D eigenvalue weighted by Gasteiger charge is 2.39. The Kier molecular flexibility index (Phi) is 5.07. The third-order valence-corrected chi connectivity index (χ3v) is 4.43. The Hall–Kier alpha value is -0.900. The summed E-state index contributed by atoms with van der Waals surface area (Å²) in [6, 6.07) is 0. The largest absolute Gasteiger partial charge is 0.434 e. The molecule has 4 atom stereocenters. The zero-order valence-corrected chi connectivity index (χ0v) is 11.9. The van der Waals surface area contributed by atoms with Gasteiger partial charge in [-0.1, -0.05) is 18.7 Å². The zero-order valence-electron chi connectivity index (χ0n) is 11.1. The number of aromatic nitrogens is 2. The first-order valence-electron chi connectivity index (χ1n) is 6.36. The Labute approximate surface area is 123 Å². The van der Waals surface area contributed by atoms with Gasteiger partial charge < -0.3 is 14.9 Å². The number of thioether (sulfide) groups is 1. The fourth-order valence-electron chi connectivity index (χ4n) is 2.03. The highest BCUT2D eigenvalue weighted by atomic mass is 32.2. The lowest BCUT2D eigenvalue weighted by molar-refractivity contribution is -0.141. The molecule has 1 fully saturated rings. The van der Waals surface area contributed by atoms with E-state index < -0.39 is 29.3 Å². The minimum Gasteiger partial charge on any atom is -0.389 e. The molecular weight excluding hydrogens is 309 g/mol. The molecule has 5 nitrogen and oxygen atoms in total. The summed E-state index contributed by atoms with van der Waals surface area (Å²) in [7, 11) is 0. The molecule has 118 valence electrons. The first-order chi connectivity index (χ1) is 9.82. The Morgan fingerprint density at radius 3 is 2.71 bits per heavy atom. The molecule has 1 aromatic heterocycles. The van der Waals surface area contributed by atoms with Crippen molar-refractivity contribution in [2.45, 2.75) is 48.1 Å². The van der Waals surface area contributed by atoms with Gasteiger partial charge in [0.1, 0.15) is 11.1 Å². The number of alkyl halides is 3. The molecule has 1 aromatic rings. The second kappa shape index (κ2) is 6.47. The number of nitrogens with zero attached hydrogens (tertiary/aromatic N) is 2. The number of aliphatic hydroxyl groups is 2. The summed E-state index contributed by atoms with van der Waals surface area (Å²) >= 11 is 0.931. The van der Waals surface area contributed by atoms with Crippen LogP contribution in [0.3, 0.4) is 0 Å². The van der Waals surface area contributed by atoms with E-state index in [2.05, 4.69) is 9.97 Å². The lowest BCUT2D eigenvalue weighted by Gasteiger charge is -2.37. The van der Waals surface area contributed by atoms with Crippen molar-refractivity contribution in [2.24, 2.45) is 0 Å². The van der Waals surface area contributed by atoms with Gasteiger partial charge in [0.2, 0.25) is 0 Å². The van der Waals surface area contributed by atoms with E-state index in [0.29, 0.717) is 12.6 Å². The SMILES string of the molecule is CCC1OC[C@H](O)[C@H](O)[C@H]1Sc1cncc(C(F)(F)F)n1. The molecule has 2 N–H and O–H groups in total. The molecule has 1 unspecified atom stereocenters. The minimum atomic E-state index is -4.57. The highest BCUT2D eigenvalue weighted by Crippen LogP contribution is 2.34. The summed E-state index contributed by atoms with van der Waals surface area (Å²) in [6.07, 6.45) is -4.70. The maximum absolute atomic E-state index is 12.6. The molecule has 0 spiro atoms. The van der Waals surface area contributed by atoms with Crippen LogP contribution >= 0.6 is 11.8 Å². The molecular formula is C12H15F3N2O3S. The molecule has 2 rings (SSSR count). The average molecular weight is 324 g/mol. The van der Waals surface area contributed by atoms with Gasteiger partial charge in [0, 0.05) is 0 Å². The van der Waals surface area contributed by atoms with Gasteiger partial charge in [-0.15, -0.1) is 0 Å². The van der Waals surface area contributed by atoms with Crippen LogP contribution < -0.4 is 0 Å². The molecule has 2 heterocycles. The molecule has 0 radical (unpaired) electrons. The van der Waals surface area contributed by atoms with Crippen LogP contribution in [0.1, 0.15) is 19.0 Å². The van der Waals surface area contributed by atoms with Crippen LogP contribution in [-0.4, -0.2) is 50.3 Å². The van der Waals surface area contributed by atoms with Crippen molar-refractivity contribution in [3.8, 4) is 0 Å². The first kappa shape index (κ1) is 16.5. The number of hydrogen-bond acceptors (Lipinski definition) is 6. The number of halogens is 3. The van der Waals surface area contributed by atoms with Gasteiger partial charge in [0.25, 0.3) is 0 Å². The molecule has 1 aliphatic rings. The molecule has 0 bridgehead atoms. The van der Waals surface area contributed by atoms with Crippen LogP contribution in [0.4, 0.5) is 13.2 Å². The van der Waals surface area contributed by atoms with Gasteiger partial charge in [0.05, 0.1) is 36.5 Å². The standard InChI is InChI=1S/C12H15F3N2O3S/c1-2-7-11(10(19)6(18)5-20-7)21-9-4-16-3-8(17-9)12(13,14)15/h3-4,6-7,10-11,18-19H,2,5H2,1H3/t6-,7?,10-,11-/m0/s1. The van der Waals surface area contributed by atoms with Gasteiger partial charge in [-0.2, -0.15) is 13.2 Å². The predicted molar refractivity (Wildman–Crippen MR) is 68.7 cm³/mol. The van der Waals surface area contributed by atoms with E-state index in [1.165, 1.54) is 6.20 Å².